The third kappa shape index (κ3) is 11.2. The monoisotopic (exact) mass is 978 g/mol. The Balaban J connectivity index is 1.25. The number of hydrogen-bond acceptors (Lipinski definition) is 10. The van der Waals surface area contributed by atoms with Gasteiger partial charge in [0.1, 0.15) is 24.1 Å². The predicted molar refractivity (Wildman–Crippen MR) is 280 cm³/mol. The van der Waals surface area contributed by atoms with E-state index in [1.165, 1.54) is 0 Å². The molecule has 0 saturated heterocycles. The molecule has 6 atom stereocenters. The fraction of sp³-hybridized carbons (Fsp3) is 0.311. The first-order valence-electron chi connectivity index (χ1n) is 25.4. The lowest BCUT2D eigenvalue weighted by molar-refractivity contribution is -0.255. The molecule has 73 heavy (non-hydrogen) atoms. The van der Waals surface area contributed by atoms with Gasteiger partial charge in [0.15, 0.2) is 0 Å². The van der Waals surface area contributed by atoms with E-state index >= 15 is 4.79 Å². The number of allylic oxidation sites excluding steroid dienone is 1. The predicted octanol–water partition coefficient (Wildman–Crippen LogP) is 11.2. The normalized spacial score (nSPS) is 21.1. The number of nitrogens with one attached hydrogen (secondary N) is 1. The highest BCUT2D eigenvalue weighted by atomic mass is 16.7. The van der Waals surface area contributed by atoms with E-state index in [0.29, 0.717) is 41.2 Å². The second-order valence-corrected chi connectivity index (χ2v) is 19.0. The Hall–Kier alpha value is -7.56. The van der Waals surface area contributed by atoms with Gasteiger partial charge in [0, 0.05) is 49.8 Å². The van der Waals surface area contributed by atoms with Crippen LogP contribution in [0.4, 0.5) is 4.79 Å². The second-order valence-electron chi connectivity index (χ2n) is 19.0. The Labute approximate surface area is 427 Å². The maximum Gasteiger partial charge on any atom is 0.412 e. The first-order chi connectivity index (χ1) is 35.8. The van der Waals surface area contributed by atoms with Gasteiger partial charge in [0.2, 0.25) is 5.79 Å². The number of nitrogens with zero attached hydrogens (tertiary/aromatic N) is 3. The number of carbonyl (C=O) groups excluding carboxylic acids is 2. The topological polar surface area (TPSA) is 163 Å². The number of aliphatic hydroxyl groups is 2. The Morgan fingerprint density at radius 1 is 0.849 bits per heavy atom. The van der Waals surface area contributed by atoms with Gasteiger partial charge >= 0.3 is 6.09 Å². The summed E-state index contributed by atoms with van der Waals surface area (Å²) in [4.78, 5) is 37.4. The Morgan fingerprint density at radius 2 is 1.56 bits per heavy atom. The van der Waals surface area contributed by atoms with Crippen molar-refractivity contribution in [3.8, 4) is 17.6 Å². The molecule has 6 aromatic carbocycles. The Bertz CT molecular complexity index is 2970. The number of carbonyl (C=O) groups is 2. The maximum absolute atomic E-state index is 15.7. The first-order valence-corrected chi connectivity index (χ1v) is 25.4. The van der Waals surface area contributed by atoms with Crippen molar-refractivity contribution >= 4 is 28.5 Å². The molecule has 0 radical (unpaired) electrons. The average Bonchev–Trinajstić information content (AvgIpc) is 3.43. The van der Waals surface area contributed by atoms with Crippen LogP contribution in [-0.2, 0) is 29.3 Å². The highest BCUT2D eigenvalue weighted by Crippen LogP contribution is 2.62. The van der Waals surface area contributed by atoms with Gasteiger partial charge in [-0.15, -0.1) is 6.58 Å². The lowest BCUT2D eigenvalue weighted by atomic mass is 9.55. The lowest BCUT2D eigenvalue weighted by Gasteiger charge is -2.60. The van der Waals surface area contributed by atoms with Crippen LogP contribution >= 0.6 is 0 Å². The number of amides is 2. The number of rotatable bonds is 21. The molecule has 1 aliphatic heterocycles. The standard InChI is InChI=1S/C61H62N4O8/c1-2-34-70-61-56(65(59(68)46-28-26-42(38-62)27-29-46)40-48-23-15-22-45-20-9-10-24-50(45)48)37-54(64-71-41-44-18-7-4-8-19-44)52-35-47(21-11-13-32-66)51(25-12-14-33-67)57(58(52)61)53-36-49(30-31-55(53)73-61)72-60(69)63-39-43-16-5-3-6-17-43/h2-10,15-20,22-24,26-31,35-36,47,51,56-58,66-67H,1,11-14,21,25,32-34,37,39-41H2,(H,63,69)/t47-,51+,56-,57+,58+,61+/m0/s1. The van der Waals surface area contributed by atoms with E-state index in [9.17, 15) is 20.3 Å². The number of unbranched alkanes of at least 4 members (excludes halogenated alkanes) is 2. The summed E-state index contributed by atoms with van der Waals surface area (Å²) in [5.41, 5.74) is 5.92. The Morgan fingerprint density at radius 3 is 2.30 bits per heavy atom. The number of fused-ring (bicyclic) bond motifs is 3. The van der Waals surface area contributed by atoms with Crippen LogP contribution in [0.25, 0.3) is 10.8 Å². The van der Waals surface area contributed by atoms with Gasteiger partial charge in [-0.3, -0.25) is 4.79 Å². The minimum Gasteiger partial charge on any atom is -0.459 e. The summed E-state index contributed by atoms with van der Waals surface area (Å²) in [6.45, 7) is 4.92. The fourth-order valence-corrected chi connectivity index (χ4v) is 11.2. The van der Waals surface area contributed by atoms with Crippen molar-refractivity contribution in [2.45, 2.75) is 82.4 Å². The molecular weight excluding hydrogens is 917 g/mol. The molecule has 1 fully saturated rings. The zero-order valence-electron chi connectivity index (χ0n) is 41.0. The second kappa shape index (κ2) is 23.8. The van der Waals surface area contributed by atoms with E-state index in [1.807, 2.05) is 102 Å². The molecule has 2 aliphatic carbocycles. The molecule has 12 nitrogen and oxygen atoms in total. The van der Waals surface area contributed by atoms with Crippen molar-refractivity contribution in [3.63, 3.8) is 0 Å². The molecular formula is C61H62N4O8. The SMILES string of the molecule is C=CCO[C@@]12Oc3ccc(OC(=O)NCc4ccccc4)cc3[C@H]3[C@H](CCCCO)[C@@H](CCCCO)C=C(C(=NOCc4ccccc4)C[C@@H]1N(Cc1cccc4ccccc14)C(=O)c1ccc(C#N)cc1)[C@H]32. The number of benzene rings is 6. The van der Waals surface area contributed by atoms with Crippen molar-refractivity contribution in [2.24, 2.45) is 22.9 Å². The highest BCUT2D eigenvalue weighted by Gasteiger charge is 2.65. The molecule has 6 aromatic rings. The van der Waals surface area contributed by atoms with Crippen LogP contribution in [0.15, 0.2) is 175 Å². The van der Waals surface area contributed by atoms with Crippen molar-refractivity contribution in [3.05, 3.63) is 203 Å². The third-order valence-corrected chi connectivity index (χ3v) is 14.5. The summed E-state index contributed by atoms with van der Waals surface area (Å²) >= 11 is 0. The van der Waals surface area contributed by atoms with Crippen LogP contribution < -0.4 is 14.8 Å². The molecule has 0 spiro atoms. The zero-order valence-corrected chi connectivity index (χ0v) is 41.0. The van der Waals surface area contributed by atoms with Crippen LogP contribution in [0, 0.1) is 29.1 Å². The van der Waals surface area contributed by atoms with Crippen molar-refractivity contribution < 1.29 is 38.9 Å². The summed E-state index contributed by atoms with van der Waals surface area (Å²) in [7, 11) is 0. The van der Waals surface area contributed by atoms with E-state index in [1.54, 1.807) is 36.4 Å². The van der Waals surface area contributed by atoms with Gasteiger partial charge in [0.25, 0.3) is 5.91 Å². The third-order valence-electron chi connectivity index (χ3n) is 14.5. The van der Waals surface area contributed by atoms with Crippen molar-refractivity contribution in [1.82, 2.24) is 10.2 Å². The van der Waals surface area contributed by atoms with E-state index in [2.05, 4.69) is 42.2 Å². The highest BCUT2D eigenvalue weighted by molar-refractivity contribution is 6.03. The summed E-state index contributed by atoms with van der Waals surface area (Å²) in [5.74, 6) is -2.08. The Kier molecular flexibility index (Phi) is 16.4. The fourth-order valence-electron chi connectivity index (χ4n) is 11.2. The van der Waals surface area contributed by atoms with Gasteiger partial charge in [0.05, 0.1) is 29.9 Å². The molecule has 1 heterocycles. The number of oxime groups is 1. The molecule has 3 aliphatic rings. The molecule has 0 bridgehead atoms. The van der Waals surface area contributed by atoms with E-state index in [0.717, 1.165) is 64.3 Å². The molecule has 1 saturated carbocycles. The number of aliphatic hydroxyl groups excluding tert-OH is 2. The van der Waals surface area contributed by atoms with Gasteiger partial charge < -0.3 is 39.5 Å². The summed E-state index contributed by atoms with van der Waals surface area (Å²) in [6, 6.07) is 47.1. The van der Waals surface area contributed by atoms with E-state index in [4.69, 9.17) is 24.2 Å². The maximum atomic E-state index is 15.7. The molecule has 3 N–H and O–H groups in total. The van der Waals surface area contributed by atoms with Crippen LogP contribution in [0.5, 0.6) is 11.5 Å². The van der Waals surface area contributed by atoms with Crippen LogP contribution in [0.3, 0.4) is 0 Å². The molecule has 12 heteroatoms. The molecule has 0 unspecified atom stereocenters. The van der Waals surface area contributed by atoms with E-state index < -0.39 is 23.8 Å². The van der Waals surface area contributed by atoms with Gasteiger partial charge in [-0.1, -0.05) is 133 Å². The quantitative estimate of drug-likeness (QED) is 0.0362. The van der Waals surface area contributed by atoms with E-state index in [-0.39, 0.29) is 69.6 Å². The average molecular weight is 979 g/mol. The van der Waals surface area contributed by atoms with Crippen LogP contribution in [0.1, 0.15) is 89.0 Å². The minimum absolute atomic E-state index is 0.0220. The molecule has 374 valence electrons. The molecule has 9 rings (SSSR count). The van der Waals surface area contributed by atoms with Gasteiger partial charge in [-0.05, 0) is 113 Å². The van der Waals surface area contributed by atoms with Crippen LogP contribution in [0.2, 0.25) is 0 Å². The number of nitriles is 1. The smallest absolute Gasteiger partial charge is 0.412 e. The summed E-state index contributed by atoms with van der Waals surface area (Å²) in [6.07, 6.45) is 7.77. The largest absolute Gasteiger partial charge is 0.459 e. The summed E-state index contributed by atoms with van der Waals surface area (Å²) < 4.78 is 20.8. The molecule has 0 aromatic heterocycles. The minimum atomic E-state index is -1.57. The summed E-state index contributed by atoms with van der Waals surface area (Å²) in [5, 5.41) is 39.9. The van der Waals surface area contributed by atoms with Crippen molar-refractivity contribution in [1.29, 1.82) is 5.26 Å². The first kappa shape index (κ1) is 50.4. The van der Waals surface area contributed by atoms with Gasteiger partial charge in [-0.2, -0.15) is 5.26 Å². The van der Waals surface area contributed by atoms with Gasteiger partial charge in [-0.25, -0.2) is 4.79 Å². The van der Waals surface area contributed by atoms with Crippen LogP contribution in [-0.4, -0.2) is 64.5 Å². The lowest BCUT2D eigenvalue weighted by Crippen LogP contribution is -2.70. The zero-order chi connectivity index (χ0) is 50.6. The van der Waals surface area contributed by atoms with Crippen molar-refractivity contribution in [2.75, 3.05) is 19.8 Å². The number of hydrogen-bond donors (Lipinski definition) is 3. The molecule has 2 amide bonds. The number of ether oxygens (including phenoxy) is 3.